The molecule has 8 nitrogen and oxygen atoms in total. The molecule has 2 heterocycles. The molecule has 0 bridgehead atoms. The summed E-state index contributed by atoms with van der Waals surface area (Å²) in [5.41, 5.74) is 6.97. The molecule has 0 aliphatic carbocycles. The highest BCUT2D eigenvalue weighted by Crippen LogP contribution is 2.27. The zero-order valence-corrected chi connectivity index (χ0v) is 18.0. The van der Waals surface area contributed by atoms with E-state index in [0.717, 1.165) is 17.8 Å². The lowest BCUT2D eigenvalue weighted by Gasteiger charge is -2.34. The second-order valence-electron chi connectivity index (χ2n) is 7.85. The SMILES string of the molecule is Cc1cc(C)nc(NNC(=O)c2cccc(S(=O)(=O)N3C[C@@H](C)C[C@H](C)C3)c2)n1. The van der Waals surface area contributed by atoms with Gasteiger partial charge in [-0.3, -0.25) is 15.6 Å². The average Bonchev–Trinajstić information content (AvgIpc) is 2.64. The van der Waals surface area contributed by atoms with Gasteiger partial charge in [0.2, 0.25) is 16.0 Å². The molecule has 1 aliphatic heterocycles. The van der Waals surface area contributed by atoms with Gasteiger partial charge in [-0.2, -0.15) is 4.31 Å². The number of rotatable bonds is 5. The van der Waals surface area contributed by atoms with Crippen molar-refractivity contribution in [1.29, 1.82) is 0 Å². The minimum absolute atomic E-state index is 0.120. The normalized spacial score (nSPS) is 20.3. The van der Waals surface area contributed by atoms with Crippen molar-refractivity contribution < 1.29 is 13.2 Å². The topological polar surface area (TPSA) is 104 Å². The molecular weight excluding hydrogens is 390 g/mol. The third-order valence-corrected chi connectivity index (χ3v) is 6.67. The first kappa shape index (κ1) is 21.2. The van der Waals surface area contributed by atoms with Gasteiger partial charge in [-0.05, 0) is 56.4 Å². The average molecular weight is 418 g/mol. The molecule has 9 heteroatoms. The molecule has 0 saturated carbocycles. The van der Waals surface area contributed by atoms with Crippen LogP contribution in [0.25, 0.3) is 0 Å². The number of nitrogens with one attached hydrogen (secondary N) is 2. The highest BCUT2D eigenvalue weighted by molar-refractivity contribution is 7.89. The fraction of sp³-hybridized carbons (Fsp3) is 0.450. The summed E-state index contributed by atoms with van der Waals surface area (Å²) in [7, 11) is -3.65. The molecule has 0 unspecified atom stereocenters. The van der Waals surface area contributed by atoms with Gasteiger partial charge in [-0.1, -0.05) is 19.9 Å². The van der Waals surface area contributed by atoms with E-state index in [9.17, 15) is 13.2 Å². The maximum absolute atomic E-state index is 13.1. The second kappa shape index (κ2) is 8.46. The van der Waals surface area contributed by atoms with Crippen LogP contribution in [0.2, 0.25) is 0 Å². The van der Waals surface area contributed by atoms with Gasteiger partial charge in [-0.15, -0.1) is 0 Å². The Balaban J connectivity index is 1.75. The van der Waals surface area contributed by atoms with E-state index in [4.69, 9.17) is 0 Å². The molecule has 1 aromatic carbocycles. The first-order valence-electron chi connectivity index (χ1n) is 9.64. The summed E-state index contributed by atoms with van der Waals surface area (Å²) in [5.74, 6) is 0.421. The number of nitrogens with zero attached hydrogens (tertiary/aromatic N) is 3. The van der Waals surface area contributed by atoms with Gasteiger partial charge in [0.15, 0.2) is 0 Å². The second-order valence-corrected chi connectivity index (χ2v) is 9.79. The van der Waals surface area contributed by atoms with Crippen LogP contribution in [-0.4, -0.2) is 41.7 Å². The zero-order chi connectivity index (χ0) is 21.2. The monoisotopic (exact) mass is 417 g/mol. The van der Waals surface area contributed by atoms with Crippen LogP contribution in [-0.2, 0) is 10.0 Å². The Morgan fingerprint density at radius 2 is 1.69 bits per heavy atom. The van der Waals surface area contributed by atoms with Crippen LogP contribution in [0, 0.1) is 25.7 Å². The van der Waals surface area contributed by atoms with E-state index < -0.39 is 15.9 Å². The number of amides is 1. The van der Waals surface area contributed by atoms with E-state index in [1.54, 1.807) is 12.1 Å². The van der Waals surface area contributed by atoms with Crippen molar-refractivity contribution in [3.05, 3.63) is 47.3 Å². The number of benzene rings is 1. The largest absolute Gasteiger partial charge is 0.269 e. The lowest BCUT2D eigenvalue weighted by atomic mass is 9.94. The molecule has 0 spiro atoms. The van der Waals surface area contributed by atoms with Gasteiger partial charge in [0, 0.05) is 30.0 Å². The number of anilines is 1. The number of piperidine rings is 1. The van der Waals surface area contributed by atoms with Crippen molar-refractivity contribution in [2.75, 3.05) is 18.5 Å². The van der Waals surface area contributed by atoms with E-state index in [1.807, 2.05) is 19.9 Å². The molecule has 29 heavy (non-hydrogen) atoms. The Labute approximate surface area is 171 Å². The molecule has 1 saturated heterocycles. The summed E-state index contributed by atoms with van der Waals surface area (Å²) >= 11 is 0. The molecule has 1 fully saturated rings. The molecule has 1 amide bonds. The predicted molar refractivity (Wildman–Crippen MR) is 111 cm³/mol. The third-order valence-electron chi connectivity index (χ3n) is 4.84. The number of hydrazine groups is 1. The maximum Gasteiger partial charge on any atom is 0.269 e. The molecule has 2 aromatic rings. The van der Waals surface area contributed by atoms with Gasteiger partial charge in [0.25, 0.3) is 5.91 Å². The fourth-order valence-electron chi connectivity index (χ4n) is 3.72. The van der Waals surface area contributed by atoms with Crippen LogP contribution in [0.1, 0.15) is 42.0 Å². The van der Waals surface area contributed by atoms with E-state index in [-0.39, 0.29) is 16.4 Å². The molecule has 3 rings (SSSR count). The van der Waals surface area contributed by atoms with Crippen molar-refractivity contribution in [3.8, 4) is 0 Å². The number of carbonyl (C=O) groups is 1. The number of aryl methyl sites for hydroxylation is 2. The minimum atomic E-state index is -3.65. The highest BCUT2D eigenvalue weighted by atomic mass is 32.2. The quantitative estimate of drug-likeness (QED) is 0.725. The Morgan fingerprint density at radius 3 is 2.31 bits per heavy atom. The van der Waals surface area contributed by atoms with Crippen LogP contribution >= 0.6 is 0 Å². The van der Waals surface area contributed by atoms with Crippen LogP contribution in [0.15, 0.2) is 35.2 Å². The first-order valence-corrected chi connectivity index (χ1v) is 11.1. The van der Waals surface area contributed by atoms with Crippen LogP contribution in [0.3, 0.4) is 0 Å². The Hall–Kier alpha value is -2.52. The van der Waals surface area contributed by atoms with Crippen LogP contribution < -0.4 is 10.9 Å². The zero-order valence-electron chi connectivity index (χ0n) is 17.1. The fourth-order valence-corrected chi connectivity index (χ4v) is 5.44. The van der Waals surface area contributed by atoms with Gasteiger partial charge in [-0.25, -0.2) is 18.4 Å². The number of hydrogen-bond donors (Lipinski definition) is 2. The van der Waals surface area contributed by atoms with Crippen LogP contribution in [0.5, 0.6) is 0 Å². The predicted octanol–water partition coefficient (Wildman–Crippen LogP) is 2.52. The van der Waals surface area contributed by atoms with Gasteiger partial charge in [0.1, 0.15) is 0 Å². The summed E-state index contributed by atoms with van der Waals surface area (Å²) < 4.78 is 27.7. The molecule has 156 valence electrons. The summed E-state index contributed by atoms with van der Waals surface area (Å²) in [4.78, 5) is 21.0. The van der Waals surface area contributed by atoms with E-state index >= 15 is 0 Å². The number of aromatic nitrogens is 2. The minimum Gasteiger partial charge on any atom is -0.267 e. The summed E-state index contributed by atoms with van der Waals surface area (Å²) in [5, 5.41) is 0. The molecular formula is C20H27N5O3S. The van der Waals surface area contributed by atoms with Crippen molar-refractivity contribution in [3.63, 3.8) is 0 Å². The van der Waals surface area contributed by atoms with Crippen molar-refractivity contribution in [2.45, 2.75) is 39.0 Å². The molecule has 1 aliphatic rings. The Morgan fingerprint density at radius 1 is 1.07 bits per heavy atom. The lowest BCUT2D eigenvalue weighted by Crippen LogP contribution is -2.42. The molecule has 2 N–H and O–H groups in total. The van der Waals surface area contributed by atoms with Gasteiger partial charge >= 0.3 is 0 Å². The number of carbonyl (C=O) groups excluding carboxylic acids is 1. The standard InChI is InChI=1S/C20H27N5O3S/c1-13-8-14(2)12-25(11-13)29(27,28)18-7-5-6-17(10-18)19(26)23-24-20-21-15(3)9-16(4)22-20/h5-7,9-10,13-14H,8,11-12H2,1-4H3,(H,23,26)(H,21,22,24)/t13-,14-/m0/s1. The molecule has 2 atom stereocenters. The Bertz CT molecular complexity index is 979. The summed E-state index contributed by atoms with van der Waals surface area (Å²) in [6, 6.07) is 7.89. The molecule has 0 radical (unpaired) electrons. The van der Waals surface area contributed by atoms with Gasteiger partial charge in [0.05, 0.1) is 4.90 Å². The number of sulfonamides is 1. The van der Waals surface area contributed by atoms with Crippen LogP contribution in [0.4, 0.5) is 5.95 Å². The van der Waals surface area contributed by atoms with Gasteiger partial charge < -0.3 is 0 Å². The third kappa shape index (κ3) is 5.10. The molecule has 1 aromatic heterocycles. The smallest absolute Gasteiger partial charge is 0.267 e. The van der Waals surface area contributed by atoms with Crippen molar-refractivity contribution >= 4 is 21.9 Å². The van der Waals surface area contributed by atoms with E-state index in [0.29, 0.717) is 24.9 Å². The van der Waals surface area contributed by atoms with E-state index in [1.165, 1.54) is 16.4 Å². The lowest BCUT2D eigenvalue weighted by molar-refractivity contribution is 0.0962. The highest BCUT2D eigenvalue weighted by Gasteiger charge is 2.31. The number of hydrogen-bond acceptors (Lipinski definition) is 6. The van der Waals surface area contributed by atoms with E-state index in [2.05, 4.69) is 34.7 Å². The van der Waals surface area contributed by atoms with Crippen molar-refractivity contribution in [2.24, 2.45) is 11.8 Å². The summed E-state index contributed by atoms with van der Waals surface area (Å²) in [6.07, 6.45) is 1.01. The summed E-state index contributed by atoms with van der Waals surface area (Å²) in [6.45, 7) is 8.77. The maximum atomic E-state index is 13.1. The van der Waals surface area contributed by atoms with Crippen molar-refractivity contribution in [1.82, 2.24) is 19.7 Å². The Kier molecular flexibility index (Phi) is 6.18. The first-order chi connectivity index (χ1) is 13.6.